The number of hydrogen-bond donors (Lipinski definition) is 2. The van der Waals surface area contributed by atoms with E-state index in [0.29, 0.717) is 11.3 Å². The molecule has 0 bridgehead atoms. The van der Waals surface area contributed by atoms with E-state index in [1.54, 1.807) is 18.2 Å². The Kier molecular flexibility index (Phi) is 8.89. The number of aromatic hydroxyl groups is 1. The molecular weight excluding hydrogens is 306 g/mol. The van der Waals surface area contributed by atoms with Gasteiger partial charge in [0.15, 0.2) is 11.5 Å². The van der Waals surface area contributed by atoms with Crippen LogP contribution in [0.25, 0.3) is 0 Å². The number of hydrogen-bond acceptors (Lipinski definition) is 4. The van der Waals surface area contributed by atoms with E-state index in [0.717, 1.165) is 26.2 Å². The van der Waals surface area contributed by atoms with Gasteiger partial charge >= 0.3 is 0 Å². The van der Waals surface area contributed by atoms with Crippen molar-refractivity contribution in [1.82, 2.24) is 10.2 Å². The third-order valence-electron chi connectivity index (χ3n) is 3.35. The molecule has 1 aliphatic heterocycles. The average Bonchev–Trinajstić information content (AvgIpc) is 2.43. The molecule has 0 aromatic heterocycles. The molecule has 0 unspecified atom stereocenters. The Morgan fingerprint density at radius 1 is 1.35 bits per heavy atom. The van der Waals surface area contributed by atoms with E-state index in [9.17, 15) is 9.50 Å². The molecule has 1 heterocycles. The number of methoxy groups -OCH3 is 1. The number of nitrogens with one attached hydrogen (secondary N) is 1. The number of ether oxygens (including phenoxy) is 1. The van der Waals surface area contributed by atoms with Crippen LogP contribution in [0, 0.1) is 0 Å². The molecule has 1 saturated heterocycles. The second-order valence-electron chi connectivity index (χ2n) is 4.35. The summed E-state index contributed by atoms with van der Waals surface area (Å²) in [7, 11) is 1.49. The monoisotopic (exact) mass is 326 g/mol. The van der Waals surface area contributed by atoms with Crippen molar-refractivity contribution in [3.8, 4) is 11.5 Å². The van der Waals surface area contributed by atoms with Gasteiger partial charge in [0.2, 0.25) is 0 Å². The first kappa shape index (κ1) is 19.2. The van der Waals surface area contributed by atoms with Crippen molar-refractivity contribution in [2.75, 3.05) is 40.0 Å². The quantitative estimate of drug-likeness (QED) is 0.890. The lowest BCUT2D eigenvalue weighted by Crippen LogP contribution is -2.45. The molecule has 1 aromatic carbocycles. The van der Waals surface area contributed by atoms with Crippen molar-refractivity contribution in [3.63, 3.8) is 0 Å². The summed E-state index contributed by atoms with van der Waals surface area (Å²) in [6, 6.07) is 4.80. The molecule has 1 atom stereocenters. The minimum atomic E-state index is -0.513. The summed E-state index contributed by atoms with van der Waals surface area (Å²) >= 11 is 0. The lowest BCUT2D eigenvalue weighted by atomic mass is 10.0. The van der Waals surface area contributed by atoms with Gasteiger partial charge in [0.05, 0.1) is 13.2 Å². The first-order chi connectivity index (χ1) is 8.77. The second-order valence-corrected chi connectivity index (χ2v) is 4.35. The Morgan fingerprint density at radius 2 is 2.00 bits per heavy atom. The fourth-order valence-corrected chi connectivity index (χ4v) is 2.34. The van der Waals surface area contributed by atoms with Gasteiger partial charge in [0.1, 0.15) is 6.67 Å². The zero-order valence-corrected chi connectivity index (χ0v) is 13.0. The van der Waals surface area contributed by atoms with Crippen molar-refractivity contribution in [2.45, 2.75) is 6.04 Å². The molecular formula is C13H21Cl2FN2O2. The summed E-state index contributed by atoms with van der Waals surface area (Å²) < 4.78 is 18.4. The minimum absolute atomic E-state index is 0. The molecule has 7 heteroatoms. The van der Waals surface area contributed by atoms with Gasteiger partial charge in [0, 0.05) is 31.7 Å². The lowest BCUT2D eigenvalue weighted by Gasteiger charge is -2.34. The molecule has 0 radical (unpaired) electrons. The Balaban J connectivity index is 0.00000180. The van der Waals surface area contributed by atoms with E-state index in [-0.39, 0.29) is 30.6 Å². The minimum Gasteiger partial charge on any atom is -0.504 e. The number of rotatable bonds is 4. The third kappa shape index (κ3) is 4.12. The Bertz CT molecular complexity index is 404. The summed E-state index contributed by atoms with van der Waals surface area (Å²) in [5.74, 6) is 0.433. The van der Waals surface area contributed by atoms with E-state index in [4.69, 9.17) is 4.74 Å². The molecule has 0 amide bonds. The third-order valence-corrected chi connectivity index (χ3v) is 3.35. The molecule has 20 heavy (non-hydrogen) atoms. The van der Waals surface area contributed by atoms with Crippen LogP contribution in [0.15, 0.2) is 18.2 Å². The fraction of sp³-hybridized carbons (Fsp3) is 0.538. The van der Waals surface area contributed by atoms with Gasteiger partial charge in [-0.2, -0.15) is 0 Å². The van der Waals surface area contributed by atoms with E-state index < -0.39 is 12.7 Å². The van der Waals surface area contributed by atoms with Gasteiger partial charge in [-0.3, -0.25) is 4.90 Å². The van der Waals surface area contributed by atoms with E-state index in [2.05, 4.69) is 5.32 Å². The van der Waals surface area contributed by atoms with Crippen LogP contribution in [0.5, 0.6) is 11.5 Å². The van der Waals surface area contributed by atoms with Crippen LogP contribution in [0.4, 0.5) is 4.39 Å². The molecule has 116 valence electrons. The standard InChI is InChI=1S/C13H19FN2O2.2ClH/c1-18-12-4-2-3-10(13(12)17)11(9-14)16-7-5-15-6-8-16;;/h2-4,11,15,17H,5-9H2,1H3;2*1H/t11-;;/m1../s1. The number of phenolic OH excluding ortho intramolecular Hbond substituents is 1. The van der Waals surface area contributed by atoms with Crippen LogP contribution >= 0.6 is 24.8 Å². The lowest BCUT2D eigenvalue weighted by molar-refractivity contribution is 0.145. The summed E-state index contributed by atoms with van der Waals surface area (Å²) in [4.78, 5) is 2.05. The number of phenols is 1. The summed E-state index contributed by atoms with van der Waals surface area (Å²) in [6.07, 6.45) is 0. The number of para-hydroxylation sites is 1. The summed E-state index contributed by atoms with van der Waals surface area (Å²) in [5.41, 5.74) is 0.596. The van der Waals surface area contributed by atoms with Crippen LogP contribution in [0.3, 0.4) is 0 Å². The second kappa shape index (κ2) is 9.23. The highest BCUT2D eigenvalue weighted by Gasteiger charge is 2.25. The van der Waals surface area contributed by atoms with E-state index >= 15 is 0 Å². The summed E-state index contributed by atoms with van der Waals surface area (Å²) in [6.45, 7) is 2.75. The molecule has 2 N–H and O–H groups in total. The first-order valence-electron chi connectivity index (χ1n) is 6.14. The number of piperazine rings is 1. The molecule has 0 aliphatic carbocycles. The van der Waals surface area contributed by atoms with Gasteiger partial charge < -0.3 is 15.2 Å². The number of nitrogens with zero attached hydrogens (tertiary/aromatic N) is 1. The molecule has 0 saturated carbocycles. The SMILES string of the molecule is COc1cccc([C@@H](CF)N2CCNCC2)c1O.Cl.Cl. The summed E-state index contributed by atoms with van der Waals surface area (Å²) in [5, 5.41) is 13.3. The van der Waals surface area contributed by atoms with E-state index in [1.165, 1.54) is 7.11 Å². The molecule has 1 aliphatic rings. The molecule has 4 nitrogen and oxygen atoms in total. The van der Waals surface area contributed by atoms with Crippen molar-refractivity contribution < 1.29 is 14.2 Å². The van der Waals surface area contributed by atoms with Gasteiger partial charge in [-0.25, -0.2) is 4.39 Å². The number of alkyl halides is 1. The van der Waals surface area contributed by atoms with E-state index in [1.807, 2.05) is 4.90 Å². The number of halogens is 3. The largest absolute Gasteiger partial charge is 0.504 e. The van der Waals surface area contributed by atoms with Crippen LogP contribution in [-0.4, -0.2) is 50.0 Å². The zero-order valence-electron chi connectivity index (χ0n) is 11.3. The number of benzene rings is 1. The Hall–Kier alpha value is -0.750. The van der Waals surface area contributed by atoms with Crippen LogP contribution in [0.1, 0.15) is 11.6 Å². The Morgan fingerprint density at radius 3 is 2.55 bits per heavy atom. The fourth-order valence-electron chi connectivity index (χ4n) is 2.34. The average molecular weight is 327 g/mol. The van der Waals surface area contributed by atoms with Crippen LogP contribution < -0.4 is 10.1 Å². The molecule has 1 fully saturated rings. The maximum atomic E-state index is 13.3. The Labute approximate surface area is 131 Å². The smallest absolute Gasteiger partial charge is 0.162 e. The van der Waals surface area contributed by atoms with Crippen molar-refractivity contribution >= 4 is 24.8 Å². The first-order valence-corrected chi connectivity index (χ1v) is 6.14. The predicted molar refractivity (Wildman–Crippen MR) is 82.3 cm³/mol. The van der Waals surface area contributed by atoms with Gasteiger partial charge in [-0.05, 0) is 6.07 Å². The van der Waals surface area contributed by atoms with Gasteiger partial charge in [-0.15, -0.1) is 24.8 Å². The maximum Gasteiger partial charge on any atom is 0.162 e. The molecule has 0 spiro atoms. The molecule has 2 rings (SSSR count). The van der Waals surface area contributed by atoms with Crippen molar-refractivity contribution in [3.05, 3.63) is 23.8 Å². The molecule has 1 aromatic rings. The highest BCUT2D eigenvalue weighted by Crippen LogP contribution is 2.36. The topological polar surface area (TPSA) is 44.7 Å². The van der Waals surface area contributed by atoms with Gasteiger partial charge in [0.25, 0.3) is 0 Å². The maximum absolute atomic E-state index is 13.3. The van der Waals surface area contributed by atoms with Crippen molar-refractivity contribution in [2.24, 2.45) is 0 Å². The van der Waals surface area contributed by atoms with Crippen LogP contribution in [-0.2, 0) is 0 Å². The zero-order chi connectivity index (χ0) is 13.0. The highest BCUT2D eigenvalue weighted by molar-refractivity contribution is 5.85. The van der Waals surface area contributed by atoms with Crippen LogP contribution in [0.2, 0.25) is 0 Å². The van der Waals surface area contributed by atoms with Crippen molar-refractivity contribution in [1.29, 1.82) is 0 Å². The van der Waals surface area contributed by atoms with Gasteiger partial charge in [-0.1, -0.05) is 12.1 Å². The predicted octanol–water partition coefficient (Wildman–Crippen LogP) is 2.16. The highest BCUT2D eigenvalue weighted by atomic mass is 35.5. The normalized spacial score (nSPS) is 16.7.